The molecular weight excluding hydrogens is 168 g/mol. The van der Waals surface area contributed by atoms with Gasteiger partial charge in [0.15, 0.2) is 0 Å². The van der Waals surface area contributed by atoms with Crippen molar-refractivity contribution in [3.05, 3.63) is 0 Å². The van der Waals surface area contributed by atoms with Gasteiger partial charge in [-0.25, -0.2) is 0 Å². The van der Waals surface area contributed by atoms with Crippen molar-refractivity contribution >= 4 is 0 Å². The minimum absolute atomic E-state index is 1.03. The number of hydrogen-bond donors (Lipinski definition) is 0. The highest BCUT2D eigenvalue weighted by atomic mass is 14.5. The van der Waals surface area contributed by atoms with E-state index < -0.39 is 0 Å². The predicted molar refractivity (Wildman–Crippen MR) is 60.0 cm³/mol. The third kappa shape index (κ3) is 1.26. The molecule has 0 aromatic heterocycles. The third-order valence-corrected chi connectivity index (χ3v) is 5.69. The molecule has 3 saturated carbocycles. The Morgan fingerprint density at radius 1 is 0.714 bits per heavy atom. The smallest absolute Gasteiger partial charge is 0.0329 e. The first kappa shape index (κ1) is 9.24. The summed E-state index contributed by atoms with van der Waals surface area (Å²) in [5.74, 6) is 6.63. The Bertz CT molecular complexity index is 218. The van der Waals surface area contributed by atoms with Crippen molar-refractivity contribution in [2.24, 2.45) is 35.5 Å². The molecular formula is C14H24. The fraction of sp³-hybridized carbons (Fsp3) is 1.00. The van der Waals surface area contributed by atoms with Gasteiger partial charge in [-0.3, -0.25) is 0 Å². The van der Waals surface area contributed by atoms with Crippen LogP contribution in [0, 0.1) is 35.5 Å². The molecule has 0 aromatic rings. The lowest BCUT2D eigenvalue weighted by Crippen LogP contribution is -2.26. The molecule has 0 aromatic carbocycles. The number of rotatable bonds is 1. The van der Waals surface area contributed by atoms with Crippen LogP contribution >= 0.6 is 0 Å². The van der Waals surface area contributed by atoms with Crippen LogP contribution in [0.3, 0.4) is 0 Å². The highest BCUT2D eigenvalue weighted by Crippen LogP contribution is 2.57. The van der Waals surface area contributed by atoms with Gasteiger partial charge in [0.2, 0.25) is 0 Å². The summed E-state index contributed by atoms with van der Waals surface area (Å²) in [6, 6.07) is 0. The molecule has 0 heteroatoms. The Balaban J connectivity index is 1.73. The maximum Gasteiger partial charge on any atom is -0.0329 e. The van der Waals surface area contributed by atoms with E-state index in [1.807, 2.05) is 0 Å². The molecule has 2 bridgehead atoms. The summed E-state index contributed by atoms with van der Waals surface area (Å²) in [7, 11) is 0. The lowest BCUT2D eigenvalue weighted by atomic mass is 9.72. The van der Waals surface area contributed by atoms with Crippen molar-refractivity contribution in [3.8, 4) is 0 Å². The van der Waals surface area contributed by atoms with Crippen LogP contribution in [0.2, 0.25) is 0 Å². The van der Waals surface area contributed by atoms with Crippen LogP contribution in [0.15, 0.2) is 0 Å². The summed E-state index contributed by atoms with van der Waals surface area (Å²) in [5.41, 5.74) is 0. The number of hydrogen-bond acceptors (Lipinski definition) is 0. The zero-order valence-corrected chi connectivity index (χ0v) is 9.71. The Hall–Kier alpha value is 0. The van der Waals surface area contributed by atoms with E-state index in [0.29, 0.717) is 0 Å². The van der Waals surface area contributed by atoms with Crippen molar-refractivity contribution in [2.45, 2.75) is 52.4 Å². The number of fused-ring (bicyclic) bond motifs is 2. The monoisotopic (exact) mass is 192 g/mol. The van der Waals surface area contributed by atoms with Crippen LogP contribution < -0.4 is 0 Å². The topological polar surface area (TPSA) is 0 Å². The first-order valence-electron chi connectivity index (χ1n) is 6.75. The van der Waals surface area contributed by atoms with E-state index in [0.717, 1.165) is 35.5 Å². The molecule has 3 rings (SSSR count). The van der Waals surface area contributed by atoms with Gasteiger partial charge in [0.1, 0.15) is 0 Å². The molecule has 3 aliphatic rings. The van der Waals surface area contributed by atoms with E-state index in [2.05, 4.69) is 13.8 Å². The summed E-state index contributed by atoms with van der Waals surface area (Å²) < 4.78 is 0. The average Bonchev–Trinajstić information content (AvgIpc) is 2.80. The Labute approximate surface area is 88.5 Å². The third-order valence-electron chi connectivity index (χ3n) is 5.69. The molecule has 0 N–H and O–H groups in total. The van der Waals surface area contributed by atoms with Crippen molar-refractivity contribution < 1.29 is 0 Å². The van der Waals surface area contributed by atoms with Crippen LogP contribution in [-0.2, 0) is 0 Å². The van der Waals surface area contributed by atoms with Crippen molar-refractivity contribution in [1.29, 1.82) is 0 Å². The molecule has 6 atom stereocenters. The highest BCUT2D eigenvalue weighted by Gasteiger charge is 2.48. The minimum Gasteiger partial charge on any atom is -0.0625 e. The fourth-order valence-electron chi connectivity index (χ4n) is 5.04. The van der Waals surface area contributed by atoms with Gasteiger partial charge in [-0.1, -0.05) is 20.3 Å². The van der Waals surface area contributed by atoms with Crippen LogP contribution in [-0.4, -0.2) is 0 Å². The van der Waals surface area contributed by atoms with Crippen molar-refractivity contribution in [2.75, 3.05) is 0 Å². The molecule has 6 unspecified atom stereocenters. The summed E-state index contributed by atoms with van der Waals surface area (Å²) in [4.78, 5) is 0. The summed E-state index contributed by atoms with van der Waals surface area (Å²) in [5, 5.41) is 0. The summed E-state index contributed by atoms with van der Waals surface area (Å²) in [6.07, 6.45) is 9.36. The predicted octanol–water partition coefficient (Wildman–Crippen LogP) is 4.10. The normalized spacial score (nSPS) is 57.0. The molecule has 0 spiro atoms. The lowest BCUT2D eigenvalue weighted by molar-refractivity contribution is 0.160. The van der Waals surface area contributed by atoms with Crippen molar-refractivity contribution in [1.82, 2.24) is 0 Å². The van der Waals surface area contributed by atoms with Gasteiger partial charge in [0, 0.05) is 0 Å². The first-order chi connectivity index (χ1) is 6.75. The molecule has 3 aliphatic carbocycles. The van der Waals surface area contributed by atoms with Gasteiger partial charge >= 0.3 is 0 Å². The van der Waals surface area contributed by atoms with E-state index in [1.54, 1.807) is 32.1 Å². The van der Waals surface area contributed by atoms with Crippen molar-refractivity contribution in [3.63, 3.8) is 0 Å². The zero-order chi connectivity index (χ0) is 9.71. The highest BCUT2D eigenvalue weighted by molar-refractivity contribution is 4.98. The van der Waals surface area contributed by atoms with E-state index in [-0.39, 0.29) is 0 Å². The molecule has 14 heavy (non-hydrogen) atoms. The van der Waals surface area contributed by atoms with Crippen LogP contribution in [0.4, 0.5) is 0 Å². The minimum atomic E-state index is 1.03. The van der Waals surface area contributed by atoms with Crippen LogP contribution in [0.25, 0.3) is 0 Å². The SMILES string of the molecule is CC1CCC(C2C3CCC(C3)C2C)C1. The summed E-state index contributed by atoms with van der Waals surface area (Å²) >= 11 is 0. The molecule has 0 radical (unpaired) electrons. The van der Waals surface area contributed by atoms with E-state index >= 15 is 0 Å². The maximum absolute atomic E-state index is 2.55. The van der Waals surface area contributed by atoms with E-state index in [1.165, 1.54) is 6.42 Å². The van der Waals surface area contributed by atoms with Gasteiger partial charge in [-0.15, -0.1) is 0 Å². The molecule has 0 saturated heterocycles. The molecule has 0 amide bonds. The Morgan fingerprint density at radius 2 is 1.36 bits per heavy atom. The second kappa shape index (κ2) is 3.25. The molecule has 0 nitrogen and oxygen atoms in total. The van der Waals surface area contributed by atoms with Crippen LogP contribution in [0.5, 0.6) is 0 Å². The second-order valence-corrected chi connectivity index (χ2v) is 6.45. The first-order valence-corrected chi connectivity index (χ1v) is 6.75. The second-order valence-electron chi connectivity index (χ2n) is 6.45. The quantitative estimate of drug-likeness (QED) is 0.586. The van der Waals surface area contributed by atoms with Gasteiger partial charge in [0.05, 0.1) is 0 Å². The molecule has 0 heterocycles. The van der Waals surface area contributed by atoms with Gasteiger partial charge in [-0.05, 0) is 67.6 Å². The fourth-order valence-corrected chi connectivity index (χ4v) is 5.04. The summed E-state index contributed by atoms with van der Waals surface area (Å²) in [6.45, 7) is 5.01. The molecule has 0 aliphatic heterocycles. The largest absolute Gasteiger partial charge is 0.0625 e. The van der Waals surface area contributed by atoms with E-state index in [9.17, 15) is 0 Å². The standard InChI is InChI=1S/C14H24/c1-9-3-4-12(7-9)14-10(2)11-5-6-13(14)8-11/h9-14H,3-8H2,1-2H3. The van der Waals surface area contributed by atoms with Crippen LogP contribution in [0.1, 0.15) is 52.4 Å². The Kier molecular flexibility index (Phi) is 2.15. The average molecular weight is 192 g/mol. The van der Waals surface area contributed by atoms with E-state index in [4.69, 9.17) is 0 Å². The van der Waals surface area contributed by atoms with Gasteiger partial charge in [0.25, 0.3) is 0 Å². The maximum atomic E-state index is 2.55. The van der Waals surface area contributed by atoms with Gasteiger partial charge in [-0.2, -0.15) is 0 Å². The molecule has 80 valence electrons. The molecule has 3 fully saturated rings. The van der Waals surface area contributed by atoms with Gasteiger partial charge < -0.3 is 0 Å². The lowest BCUT2D eigenvalue weighted by Gasteiger charge is -2.33. The zero-order valence-electron chi connectivity index (χ0n) is 9.71. The Morgan fingerprint density at radius 3 is 1.93 bits per heavy atom.